The van der Waals surface area contributed by atoms with Crippen molar-refractivity contribution in [1.82, 2.24) is 0 Å². The second kappa shape index (κ2) is 4.32. The summed E-state index contributed by atoms with van der Waals surface area (Å²) in [6.45, 7) is 1.37. The minimum Gasteiger partial charge on any atom is -0.493 e. The van der Waals surface area contributed by atoms with E-state index in [1.54, 1.807) is 0 Å². The molecule has 2 N–H and O–H groups in total. The summed E-state index contributed by atoms with van der Waals surface area (Å²) in [5.41, 5.74) is 6.71. The molecule has 2 nitrogen and oxygen atoms in total. The fourth-order valence-electron chi connectivity index (χ4n) is 1.34. The van der Waals surface area contributed by atoms with Gasteiger partial charge in [0, 0.05) is 16.6 Å². The van der Waals surface area contributed by atoms with Crippen molar-refractivity contribution >= 4 is 15.9 Å². The van der Waals surface area contributed by atoms with Gasteiger partial charge in [0.15, 0.2) is 0 Å². The van der Waals surface area contributed by atoms with E-state index in [1.165, 1.54) is 12.8 Å². The van der Waals surface area contributed by atoms with Crippen LogP contribution in [-0.4, -0.2) is 6.61 Å². The Kier molecular flexibility index (Phi) is 3.08. The molecule has 0 unspecified atom stereocenters. The minimum absolute atomic E-state index is 0.527. The summed E-state index contributed by atoms with van der Waals surface area (Å²) in [5, 5.41) is 0. The molecule has 0 spiro atoms. The van der Waals surface area contributed by atoms with Gasteiger partial charge in [0.25, 0.3) is 0 Å². The van der Waals surface area contributed by atoms with E-state index in [9.17, 15) is 0 Å². The Bertz CT molecular complexity index is 323. The van der Waals surface area contributed by atoms with Crippen LogP contribution >= 0.6 is 15.9 Å². The lowest BCUT2D eigenvalue weighted by Gasteiger charge is -2.09. The average Bonchev–Trinajstić information content (AvgIpc) is 2.99. The molecule has 0 atom stereocenters. The zero-order valence-electron chi connectivity index (χ0n) is 8.00. The van der Waals surface area contributed by atoms with Gasteiger partial charge >= 0.3 is 0 Å². The van der Waals surface area contributed by atoms with Crippen molar-refractivity contribution in [3.63, 3.8) is 0 Å². The molecular weight excluding hydrogens is 242 g/mol. The number of ether oxygens (including phenoxy) is 1. The predicted molar refractivity (Wildman–Crippen MR) is 60.3 cm³/mol. The maximum Gasteiger partial charge on any atom is 0.123 e. The third-order valence-electron chi connectivity index (χ3n) is 2.41. The molecule has 14 heavy (non-hydrogen) atoms. The van der Waals surface area contributed by atoms with Crippen molar-refractivity contribution in [2.75, 3.05) is 6.61 Å². The number of hydrogen-bond acceptors (Lipinski definition) is 2. The molecule has 0 saturated heterocycles. The molecule has 0 heterocycles. The topological polar surface area (TPSA) is 35.2 Å². The fourth-order valence-corrected chi connectivity index (χ4v) is 1.75. The number of benzene rings is 1. The summed E-state index contributed by atoms with van der Waals surface area (Å²) >= 11 is 3.42. The van der Waals surface area contributed by atoms with Crippen molar-refractivity contribution in [3.05, 3.63) is 28.2 Å². The minimum atomic E-state index is 0.527. The molecule has 0 radical (unpaired) electrons. The number of nitrogens with two attached hydrogens (primary N) is 1. The molecule has 1 saturated carbocycles. The molecule has 1 aromatic carbocycles. The number of halogens is 1. The van der Waals surface area contributed by atoms with Crippen molar-refractivity contribution in [2.24, 2.45) is 11.7 Å². The molecule has 1 aliphatic carbocycles. The van der Waals surface area contributed by atoms with E-state index >= 15 is 0 Å². The van der Waals surface area contributed by atoms with Crippen LogP contribution in [0.2, 0.25) is 0 Å². The Labute approximate surface area is 92.6 Å². The third kappa shape index (κ3) is 2.49. The van der Waals surface area contributed by atoms with Gasteiger partial charge in [0.2, 0.25) is 0 Å². The lowest BCUT2D eigenvalue weighted by molar-refractivity contribution is 0.297. The van der Waals surface area contributed by atoms with Crippen molar-refractivity contribution in [1.29, 1.82) is 0 Å². The van der Waals surface area contributed by atoms with Gasteiger partial charge in [0.1, 0.15) is 5.75 Å². The quantitative estimate of drug-likeness (QED) is 0.898. The highest BCUT2D eigenvalue weighted by Gasteiger charge is 2.22. The molecule has 0 aromatic heterocycles. The van der Waals surface area contributed by atoms with Crippen LogP contribution in [0.1, 0.15) is 18.4 Å². The Morgan fingerprint density at radius 3 is 2.86 bits per heavy atom. The Morgan fingerprint density at radius 2 is 2.21 bits per heavy atom. The molecule has 76 valence electrons. The molecule has 1 aliphatic rings. The number of rotatable bonds is 4. The summed E-state index contributed by atoms with van der Waals surface area (Å²) in [7, 11) is 0. The maximum absolute atomic E-state index is 5.71. The fraction of sp³-hybridized carbons (Fsp3) is 0.455. The van der Waals surface area contributed by atoms with E-state index in [1.807, 2.05) is 18.2 Å². The first-order valence-corrected chi connectivity index (χ1v) is 5.70. The summed E-state index contributed by atoms with van der Waals surface area (Å²) in [5.74, 6) is 1.71. The molecule has 2 rings (SSSR count). The lowest BCUT2D eigenvalue weighted by atomic mass is 10.2. The van der Waals surface area contributed by atoms with E-state index in [-0.39, 0.29) is 0 Å². The second-order valence-corrected chi connectivity index (χ2v) is 4.63. The smallest absolute Gasteiger partial charge is 0.123 e. The van der Waals surface area contributed by atoms with E-state index in [0.717, 1.165) is 28.3 Å². The van der Waals surface area contributed by atoms with Crippen LogP contribution in [-0.2, 0) is 6.54 Å². The van der Waals surface area contributed by atoms with Crippen molar-refractivity contribution < 1.29 is 4.74 Å². The molecule has 0 amide bonds. The highest BCUT2D eigenvalue weighted by molar-refractivity contribution is 9.10. The Morgan fingerprint density at radius 1 is 1.43 bits per heavy atom. The summed E-state index contributed by atoms with van der Waals surface area (Å²) < 4.78 is 6.76. The van der Waals surface area contributed by atoms with E-state index < -0.39 is 0 Å². The van der Waals surface area contributed by atoms with Gasteiger partial charge in [-0.3, -0.25) is 0 Å². The van der Waals surface area contributed by atoms with Gasteiger partial charge in [-0.05, 0) is 37.0 Å². The van der Waals surface area contributed by atoms with Crippen molar-refractivity contribution in [3.8, 4) is 5.75 Å². The van der Waals surface area contributed by atoms with Gasteiger partial charge in [-0.1, -0.05) is 15.9 Å². The van der Waals surface area contributed by atoms with E-state index in [0.29, 0.717) is 6.54 Å². The second-order valence-electron chi connectivity index (χ2n) is 3.71. The van der Waals surface area contributed by atoms with Crippen LogP contribution < -0.4 is 10.5 Å². The standard InChI is InChI=1S/C11H14BrNO/c12-10-3-4-11(9(5-10)6-13)14-7-8-1-2-8/h3-5,8H,1-2,6-7,13H2. The normalized spacial score (nSPS) is 15.6. The third-order valence-corrected chi connectivity index (χ3v) is 2.91. The summed E-state index contributed by atoms with van der Waals surface area (Å²) in [4.78, 5) is 0. The van der Waals surface area contributed by atoms with Gasteiger partial charge in [-0.15, -0.1) is 0 Å². The van der Waals surface area contributed by atoms with Crippen LogP contribution in [0.5, 0.6) is 5.75 Å². The first kappa shape index (κ1) is 9.99. The Hall–Kier alpha value is -0.540. The van der Waals surface area contributed by atoms with Crippen LogP contribution in [0.3, 0.4) is 0 Å². The zero-order valence-corrected chi connectivity index (χ0v) is 9.59. The zero-order chi connectivity index (χ0) is 9.97. The molecule has 0 bridgehead atoms. The van der Waals surface area contributed by atoms with Crippen LogP contribution in [0.25, 0.3) is 0 Å². The monoisotopic (exact) mass is 255 g/mol. The maximum atomic E-state index is 5.71. The first-order valence-electron chi connectivity index (χ1n) is 4.91. The lowest BCUT2D eigenvalue weighted by Crippen LogP contribution is -2.04. The van der Waals surface area contributed by atoms with Crippen molar-refractivity contribution in [2.45, 2.75) is 19.4 Å². The van der Waals surface area contributed by atoms with Crippen LogP contribution in [0, 0.1) is 5.92 Å². The van der Waals surface area contributed by atoms with Gasteiger partial charge in [-0.2, -0.15) is 0 Å². The van der Waals surface area contributed by atoms with Gasteiger partial charge in [-0.25, -0.2) is 0 Å². The van der Waals surface area contributed by atoms with Crippen LogP contribution in [0.4, 0.5) is 0 Å². The van der Waals surface area contributed by atoms with Gasteiger partial charge in [0.05, 0.1) is 6.61 Å². The molecule has 1 aromatic rings. The summed E-state index contributed by atoms with van der Waals surface area (Å²) in [6, 6.07) is 5.98. The van der Waals surface area contributed by atoms with E-state index in [2.05, 4.69) is 15.9 Å². The molecule has 3 heteroatoms. The molecule has 0 aliphatic heterocycles. The van der Waals surface area contributed by atoms with E-state index in [4.69, 9.17) is 10.5 Å². The highest BCUT2D eigenvalue weighted by atomic mass is 79.9. The average molecular weight is 256 g/mol. The molecule has 1 fully saturated rings. The highest BCUT2D eigenvalue weighted by Crippen LogP contribution is 2.30. The van der Waals surface area contributed by atoms with Crippen LogP contribution in [0.15, 0.2) is 22.7 Å². The predicted octanol–water partition coefficient (Wildman–Crippen LogP) is 2.70. The SMILES string of the molecule is NCc1cc(Br)ccc1OCC1CC1. The largest absolute Gasteiger partial charge is 0.493 e. The first-order chi connectivity index (χ1) is 6.79. The summed E-state index contributed by atoms with van der Waals surface area (Å²) in [6.07, 6.45) is 2.63. The van der Waals surface area contributed by atoms with Gasteiger partial charge < -0.3 is 10.5 Å². The number of hydrogen-bond donors (Lipinski definition) is 1. The molecular formula is C11H14BrNO. The Balaban J connectivity index is 2.05.